The molecule has 0 aliphatic carbocycles. The number of hydrogen-bond acceptors (Lipinski definition) is 4. The molecule has 0 radical (unpaired) electrons. The molecule has 1 aromatic heterocycles. The number of aliphatic carboxylic acids is 1. The number of thiazole rings is 1. The molecule has 1 heterocycles. The zero-order valence-electron chi connectivity index (χ0n) is 11.6. The summed E-state index contributed by atoms with van der Waals surface area (Å²) < 4.78 is 0. The van der Waals surface area contributed by atoms with Crippen LogP contribution in [0.3, 0.4) is 0 Å². The Morgan fingerprint density at radius 1 is 1.38 bits per heavy atom. The first kappa shape index (κ1) is 15.2. The third-order valence-electron chi connectivity index (χ3n) is 2.85. The van der Waals surface area contributed by atoms with Crippen LogP contribution in [0.5, 0.6) is 0 Å². The fourth-order valence-electron chi connectivity index (χ4n) is 1.91. The van der Waals surface area contributed by atoms with Crippen molar-refractivity contribution in [3.8, 4) is 0 Å². The normalized spacial score (nSPS) is 10.3. The Bertz CT molecular complexity index is 652. The smallest absolute Gasteiger partial charge is 0.303 e. The number of carbonyl (C=O) groups is 2. The fourth-order valence-corrected chi connectivity index (χ4v) is 2.53. The molecule has 0 atom stereocenters. The molecule has 5 nitrogen and oxygen atoms in total. The van der Waals surface area contributed by atoms with E-state index in [0.29, 0.717) is 12.1 Å². The lowest BCUT2D eigenvalue weighted by molar-refractivity contribution is -0.137. The number of benzene rings is 1. The topological polar surface area (TPSA) is 79.3 Å². The van der Waals surface area contributed by atoms with Gasteiger partial charge in [-0.2, -0.15) is 0 Å². The molecule has 0 saturated heterocycles. The van der Waals surface area contributed by atoms with E-state index in [1.807, 2.05) is 18.4 Å². The van der Waals surface area contributed by atoms with Gasteiger partial charge < -0.3 is 10.4 Å². The maximum absolute atomic E-state index is 11.9. The van der Waals surface area contributed by atoms with Crippen molar-refractivity contribution in [3.63, 3.8) is 0 Å². The maximum atomic E-state index is 11.9. The second-order valence-corrected chi connectivity index (χ2v) is 5.74. The van der Waals surface area contributed by atoms with Gasteiger partial charge in [0, 0.05) is 17.5 Å². The van der Waals surface area contributed by atoms with Crippen LogP contribution in [0.25, 0.3) is 0 Å². The molecule has 0 saturated carbocycles. The van der Waals surface area contributed by atoms with Crippen molar-refractivity contribution < 1.29 is 14.7 Å². The number of anilines is 1. The van der Waals surface area contributed by atoms with E-state index >= 15 is 0 Å². The van der Waals surface area contributed by atoms with Crippen LogP contribution in [0.2, 0.25) is 0 Å². The molecule has 0 fully saturated rings. The molecule has 1 amide bonds. The van der Waals surface area contributed by atoms with Gasteiger partial charge >= 0.3 is 5.97 Å². The van der Waals surface area contributed by atoms with Crippen LogP contribution in [-0.4, -0.2) is 22.0 Å². The van der Waals surface area contributed by atoms with Crippen LogP contribution in [0, 0.1) is 6.92 Å². The SMILES string of the molecule is Cc1nc(CC(=O)Nc2cccc(CCC(=O)O)c2)cs1. The van der Waals surface area contributed by atoms with Gasteiger partial charge in [-0.15, -0.1) is 11.3 Å². The second-order valence-electron chi connectivity index (χ2n) is 4.68. The zero-order valence-corrected chi connectivity index (χ0v) is 12.4. The van der Waals surface area contributed by atoms with E-state index < -0.39 is 5.97 Å². The van der Waals surface area contributed by atoms with E-state index in [-0.39, 0.29) is 18.7 Å². The summed E-state index contributed by atoms with van der Waals surface area (Å²) in [4.78, 5) is 26.7. The largest absolute Gasteiger partial charge is 0.481 e. The van der Waals surface area contributed by atoms with Crippen molar-refractivity contribution in [2.45, 2.75) is 26.2 Å². The number of nitrogens with one attached hydrogen (secondary N) is 1. The molecular weight excluding hydrogens is 288 g/mol. The van der Waals surface area contributed by atoms with Crippen LogP contribution < -0.4 is 5.32 Å². The number of nitrogens with zero attached hydrogens (tertiary/aromatic N) is 1. The van der Waals surface area contributed by atoms with Gasteiger partial charge in [-0.1, -0.05) is 12.1 Å². The minimum absolute atomic E-state index is 0.0789. The van der Waals surface area contributed by atoms with Crippen LogP contribution in [0.4, 0.5) is 5.69 Å². The summed E-state index contributed by atoms with van der Waals surface area (Å²) in [5, 5.41) is 14.3. The summed E-state index contributed by atoms with van der Waals surface area (Å²) in [6, 6.07) is 7.24. The highest BCUT2D eigenvalue weighted by atomic mass is 32.1. The Morgan fingerprint density at radius 3 is 2.86 bits per heavy atom. The summed E-state index contributed by atoms with van der Waals surface area (Å²) in [6.45, 7) is 1.90. The lowest BCUT2D eigenvalue weighted by Crippen LogP contribution is -2.14. The number of carboxylic acids is 1. The summed E-state index contributed by atoms with van der Waals surface area (Å²) in [5.41, 5.74) is 2.33. The molecule has 2 N–H and O–H groups in total. The second kappa shape index (κ2) is 6.99. The third kappa shape index (κ3) is 5.00. The number of aromatic nitrogens is 1. The van der Waals surface area contributed by atoms with Crippen molar-refractivity contribution in [1.29, 1.82) is 0 Å². The monoisotopic (exact) mass is 304 g/mol. The van der Waals surface area contributed by atoms with Gasteiger partial charge in [-0.3, -0.25) is 9.59 Å². The van der Waals surface area contributed by atoms with E-state index in [1.54, 1.807) is 18.2 Å². The van der Waals surface area contributed by atoms with Crippen molar-refractivity contribution in [3.05, 3.63) is 45.9 Å². The van der Waals surface area contributed by atoms with E-state index in [1.165, 1.54) is 11.3 Å². The van der Waals surface area contributed by atoms with Crippen LogP contribution in [0.15, 0.2) is 29.6 Å². The summed E-state index contributed by atoms with van der Waals surface area (Å²) >= 11 is 1.52. The van der Waals surface area contributed by atoms with Crippen molar-refractivity contribution >= 4 is 28.9 Å². The molecule has 2 rings (SSSR count). The van der Waals surface area contributed by atoms with Crippen LogP contribution in [-0.2, 0) is 22.4 Å². The highest BCUT2D eigenvalue weighted by Gasteiger charge is 2.07. The van der Waals surface area contributed by atoms with Gasteiger partial charge in [-0.05, 0) is 31.0 Å². The fraction of sp³-hybridized carbons (Fsp3) is 0.267. The Kier molecular flexibility index (Phi) is 5.05. The van der Waals surface area contributed by atoms with Gasteiger partial charge in [0.2, 0.25) is 5.91 Å². The highest BCUT2D eigenvalue weighted by molar-refractivity contribution is 7.09. The van der Waals surface area contributed by atoms with Gasteiger partial charge in [0.05, 0.1) is 17.1 Å². The van der Waals surface area contributed by atoms with Crippen LogP contribution >= 0.6 is 11.3 Å². The Hall–Kier alpha value is -2.21. The Balaban J connectivity index is 1.94. The van der Waals surface area contributed by atoms with Crippen molar-refractivity contribution in [1.82, 2.24) is 4.98 Å². The first-order valence-corrected chi connectivity index (χ1v) is 7.42. The minimum Gasteiger partial charge on any atom is -0.481 e. The quantitative estimate of drug-likeness (QED) is 0.860. The Morgan fingerprint density at radius 2 is 2.19 bits per heavy atom. The van der Waals surface area contributed by atoms with E-state index in [2.05, 4.69) is 10.3 Å². The first-order chi connectivity index (χ1) is 10.0. The molecule has 0 unspecified atom stereocenters. The minimum atomic E-state index is -0.830. The summed E-state index contributed by atoms with van der Waals surface area (Å²) in [5.74, 6) is -0.959. The van der Waals surface area contributed by atoms with Crippen LogP contribution in [0.1, 0.15) is 22.7 Å². The molecule has 0 aliphatic rings. The third-order valence-corrected chi connectivity index (χ3v) is 3.67. The van der Waals surface area contributed by atoms with Gasteiger partial charge in [-0.25, -0.2) is 4.98 Å². The van der Waals surface area contributed by atoms with E-state index in [9.17, 15) is 9.59 Å². The molecule has 21 heavy (non-hydrogen) atoms. The number of carbonyl (C=O) groups excluding carboxylic acids is 1. The van der Waals surface area contributed by atoms with Gasteiger partial charge in [0.25, 0.3) is 0 Å². The Labute approximate surface area is 126 Å². The average molecular weight is 304 g/mol. The number of carboxylic acid groups (broad SMARTS) is 1. The zero-order chi connectivity index (χ0) is 15.2. The lowest BCUT2D eigenvalue weighted by Gasteiger charge is -2.06. The van der Waals surface area contributed by atoms with E-state index in [0.717, 1.165) is 16.3 Å². The first-order valence-electron chi connectivity index (χ1n) is 6.54. The molecule has 0 spiro atoms. The molecule has 1 aromatic carbocycles. The predicted molar refractivity (Wildman–Crippen MR) is 81.6 cm³/mol. The molecule has 0 aliphatic heterocycles. The van der Waals surface area contributed by atoms with Crippen molar-refractivity contribution in [2.24, 2.45) is 0 Å². The molecule has 2 aromatic rings. The van der Waals surface area contributed by atoms with Crippen molar-refractivity contribution in [2.75, 3.05) is 5.32 Å². The maximum Gasteiger partial charge on any atom is 0.303 e. The van der Waals surface area contributed by atoms with Gasteiger partial charge in [0.1, 0.15) is 0 Å². The molecule has 110 valence electrons. The predicted octanol–water partition coefficient (Wildman–Crippen LogP) is 2.65. The number of aryl methyl sites for hydroxylation is 2. The van der Waals surface area contributed by atoms with Gasteiger partial charge in [0.15, 0.2) is 0 Å². The molecular formula is C15H16N2O3S. The summed E-state index contributed by atoms with van der Waals surface area (Å²) in [7, 11) is 0. The molecule has 6 heteroatoms. The molecule has 0 bridgehead atoms. The average Bonchev–Trinajstić information content (AvgIpc) is 2.82. The number of amides is 1. The van der Waals surface area contributed by atoms with E-state index in [4.69, 9.17) is 5.11 Å². The standard InChI is InChI=1S/C15H16N2O3S/c1-10-16-13(9-21-10)8-14(18)17-12-4-2-3-11(7-12)5-6-15(19)20/h2-4,7,9H,5-6,8H2,1H3,(H,17,18)(H,19,20). The number of rotatable bonds is 6. The highest BCUT2D eigenvalue weighted by Crippen LogP contribution is 2.14. The number of hydrogen-bond donors (Lipinski definition) is 2. The summed E-state index contributed by atoms with van der Waals surface area (Å²) in [6.07, 6.45) is 0.767. The lowest BCUT2D eigenvalue weighted by atomic mass is 10.1.